The Labute approximate surface area is 89.6 Å². The molecule has 0 aliphatic carbocycles. The zero-order valence-corrected chi connectivity index (χ0v) is 10.5. The minimum absolute atomic E-state index is 0.682. The van der Waals surface area contributed by atoms with Crippen molar-refractivity contribution in [2.45, 2.75) is 39.7 Å². The summed E-state index contributed by atoms with van der Waals surface area (Å²) in [4.78, 5) is 4.70. The number of allylic oxidation sites excluding steroid dienone is 1. The summed E-state index contributed by atoms with van der Waals surface area (Å²) in [5, 5.41) is 0. The third-order valence-corrected chi connectivity index (χ3v) is 2.75. The second-order valence-corrected chi connectivity index (χ2v) is 3.90. The molecule has 0 spiro atoms. The van der Waals surface area contributed by atoms with Crippen molar-refractivity contribution in [2.24, 2.45) is 0 Å². The van der Waals surface area contributed by atoms with Gasteiger partial charge in [0.15, 0.2) is 0 Å². The van der Waals surface area contributed by atoms with Crippen molar-refractivity contribution in [1.29, 1.82) is 0 Å². The van der Waals surface area contributed by atoms with Crippen LogP contribution in [0.4, 0.5) is 0 Å². The van der Waals surface area contributed by atoms with Crippen LogP contribution in [0.5, 0.6) is 0 Å². The number of likely N-dealkylation sites (tertiary alicyclic amines) is 1. The van der Waals surface area contributed by atoms with E-state index in [1.165, 1.54) is 31.6 Å². The van der Waals surface area contributed by atoms with Gasteiger partial charge in [0.1, 0.15) is 0 Å². The van der Waals surface area contributed by atoms with Gasteiger partial charge in [-0.3, -0.25) is 0 Å². The van der Waals surface area contributed by atoms with Crippen LogP contribution in [0.25, 0.3) is 0 Å². The first kappa shape index (κ1) is 13.5. The zero-order chi connectivity index (χ0) is 11.1. The molecule has 1 heterocycles. The molecule has 1 unspecified atom stereocenters. The lowest BCUT2D eigenvalue weighted by molar-refractivity contribution is 0.160. The van der Waals surface area contributed by atoms with Crippen molar-refractivity contribution in [2.75, 3.05) is 27.2 Å². The Morgan fingerprint density at radius 2 is 2.00 bits per heavy atom. The number of hydrogen-bond acceptors (Lipinski definition) is 2. The summed E-state index contributed by atoms with van der Waals surface area (Å²) in [6.07, 6.45) is 2.63. The number of piperidine rings is 1. The molecule has 1 aliphatic heterocycles. The monoisotopic (exact) mass is 198 g/mol. The molecule has 1 rings (SSSR count). The van der Waals surface area contributed by atoms with E-state index >= 15 is 0 Å². The molecule has 1 aliphatic rings. The number of likely N-dealkylation sites (N-methyl/N-ethyl adjacent to an activating group) is 2. The fourth-order valence-corrected chi connectivity index (χ4v) is 1.77. The SMILES string of the molecule is C=C(C)N(C)C1CCCN(C)C1.CC. The van der Waals surface area contributed by atoms with E-state index in [1.54, 1.807) is 0 Å². The van der Waals surface area contributed by atoms with Gasteiger partial charge in [-0.2, -0.15) is 0 Å². The van der Waals surface area contributed by atoms with Crippen molar-refractivity contribution < 1.29 is 0 Å². The number of hydrogen-bond donors (Lipinski definition) is 0. The fraction of sp³-hybridized carbons (Fsp3) is 0.833. The van der Waals surface area contributed by atoms with E-state index < -0.39 is 0 Å². The van der Waals surface area contributed by atoms with E-state index in [9.17, 15) is 0 Å². The van der Waals surface area contributed by atoms with Crippen LogP contribution in [0.3, 0.4) is 0 Å². The van der Waals surface area contributed by atoms with Gasteiger partial charge in [-0.1, -0.05) is 20.4 Å². The van der Waals surface area contributed by atoms with Crippen LogP contribution < -0.4 is 0 Å². The molecule has 0 radical (unpaired) electrons. The Morgan fingerprint density at radius 1 is 1.43 bits per heavy atom. The quantitative estimate of drug-likeness (QED) is 0.673. The standard InChI is InChI=1S/C10H20N2.C2H6/c1-9(2)12(4)10-6-5-7-11(3)8-10;1-2/h10H,1,5-8H2,2-4H3;1-2H3. The maximum Gasteiger partial charge on any atom is 0.0410 e. The molecule has 1 atom stereocenters. The first-order valence-corrected chi connectivity index (χ1v) is 5.68. The highest BCUT2D eigenvalue weighted by molar-refractivity contribution is 4.92. The third-order valence-electron chi connectivity index (χ3n) is 2.75. The first-order valence-electron chi connectivity index (χ1n) is 5.68. The maximum atomic E-state index is 3.96. The Balaban J connectivity index is 0.000000791. The van der Waals surface area contributed by atoms with Crippen LogP contribution in [-0.2, 0) is 0 Å². The van der Waals surface area contributed by atoms with Crippen LogP contribution in [0.15, 0.2) is 12.3 Å². The lowest BCUT2D eigenvalue weighted by atomic mass is 10.0. The molecule has 14 heavy (non-hydrogen) atoms. The smallest absolute Gasteiger partial charge is 0.0410 e. The van der Waals surface area contributed by atoms with Gasteiger partial charge < -0.3 is 9.80 Å². The number of nitrogens with zero attached hydrogens (tertiary/aromatic N) is 2. The predicted octanol–water partition coefficient (Wildman–Crippen LogP) is 2.57. The summed E-state index contributed by atoms with van der Waals surface area (Å²) >= 11 is 0. The van der Waals surface area contributed by atoms with Crippen LogP contribution in [0, 0.1) is 0 Å². The van der Waals surface area contributed by atoms with Crippen molar-refractivity contribution in [1.82, 2.24) is 9.80 Å². The lowest BCUT2D eigenvalue weighted by Gasteiger charge is -2.37. The molecular formula is C12H26N2. The molecule has 0 aromatic rings. The molecule has 0 aromatic heterocycles. The van der Waals surface area contributed by atoms with Gasteiger partial charge in [-0.05, 0) is 33.4 Å². The van der Waals surface area contributed by atoms with Crippen LogP contribution in [0.2, 0.25) is 0 Å². The van der Waals surface area contributed by atoms with Gasteiger partial charge in [0, 0.05) is 25.3 Å². The molecule has 1 fully saturated rings. The normalized spacial score (nSPS) is 22.2. The van der Waals surface area contributed by atoms with Gasteiger partial charge >= 0.3 is 0 Å². The molecule has 0 aromatic carbocycles. The molecule has 2 heteroatoms. The van der Waals surface area contributed by atoms with E-state index in [0.717, 1.165) is 0 Å². The molecular weight excluding hydrogens is 172 g/mol. The average Bonchev–Trinajstić information content (AvgIpc) is 2.19. The van der Waals surface area contributed by atoms with Gasteiger partial charge in [-0.15, -0.1) is 0 Å². The highest BCUT2D eigenvalue weighted by Crippen LogP contribution is 2.15. The average molecular weight is 198 g/mol. The molecule has 84 valence electrons. The summed E-state index contributed by atoms with van der Waals surface area (Å²) in [6, 6.07) is 0.682. The Kier molecular flexibility index (Phi) is 6.64. The minimum Gasteiger partial charge on any atom is -0.374 e. The number of rotatable bonds is 2. The topological polar surface area (TPSA) is 6.48 Å². The van der Waals surface area contributed by atoms with E-state index in [2.05, 4.69) is 37.4 Å². The third kappa shape index (κ3) is 4.14. The Hall–Kier alpha value is -0.500. The predicted molar refractivity (Wildman–Crippen MR) is 64.4 cm³/mol. The van der Waals surface area contributed by atoms with E-state index in [0.29, 0.717) is 6.04 Å². The van der Waals surface area contributed by atoms with Crippen molar-refractivity contribution in [3.8, 4) is 0 Å². The van der Waals surface area contributed by atoms with Gasteiger partial charge in [0.25, 0.3) is 0 Å². The molecule has 0 bridgehead atoms. The second kappa shape index (κ2) is 6.88. The summed E-state index contributed by atoms with van der Waals surface area (Å²) in [7, 11) is 4.34. The van der Waals surface area contributed by atoms with Crippen molar-refractivity contribution >= 4 is 0 Å². The van der Waals surface area contributed by atoms with E-state index in [-0.39, 0.29) is 0 Å². The maximum absolute atomic E-state index is 3.96. The molecule has 1 saturated heterocycles. The van der Waals surface area contributed by atoms with Gasteiger partial charge in [0.2, 0.25) is 0 Å². The largest absolute Gasteiger partial charge is 0.374 e. The highest BCUT2D eigenvalue weighted by Gasteiger charge is 2.20. The van der Waals surface area contributed by atoms with Gasteiger partial charge in [0.05, 0.1) is 0 Å². The molecule has 0 amide bonds. The highest BCUT2D eigenvalue weighted by atomic mass is 15.2. The van der Waals surface area contributed by atoms with Crippen molar-refractivity contribution in [3.63, 3.8) is 0 Å². The van der Waals surface area contributed by atoms with Gasteiger partial charge in [-0.25, -0.2) is 0 Å². The summed E-state index contributed by atoms with van der Waals surface area (Å²) in [5.74, 6) is 0. The van der Waals surface area contributed by atoms with Crippen LogP contribution >= 0.6 is 0 Å². The summed E-state index contributed by atoms with van der Waals surface area (Å²) in [5.41, 5.74) is 1.18. The zero-order valence-electron chi connectivity index (χ0n) is 10.5. The first-order chi connectivity index (χ1) is 6.61. The lowest BCUT2D eigenvalue weighted by Crippen LogP contribution is -2.43. The van der Waals surface area contributed by atoms with Crippen LogP contribution in [-0.4, -0.2) is 43.0 Å². The minimum atomic E-state index is 0.682. The molecule has 0 N–H and O–H groups in total. The fourth-order valence-electron chi connectivity index (χ4n) is 1.77. The van der Waals surface area contributed by atoms with E-state index in [4.69, 9.17) is 0 Å². The van der Waals surface area contributed by atoms with Crippen molar-refractivity contribution in [3.05, 3.63) is 12.3 Å². The Morgan fingerprint density at radius 3 is 2.43 bits per heavy atom. The molecule has 2 nitrogen and oxygen atoms in total. The summed E-state index contributed by atoms with van der Waals surface area (Å²) < 4.78 is 0. The molecule has 0 saturated carbocycles. The Bertz CT molecular complexity index is 166. The second-order valence-electron chi connectivity index (χ2n) is 3.90. The summed E-state index contributed by atoms with van der Waals surface area (Å²) in [6.45, 7) is 12.5. The van der Waals surface area contributed by atoms with E-state index in [1.807, 2.05) is 13.8 Å². The van der Waals surface area contributed by atoms with Crippen LogP contribution in [0.1, 0.15) is 33.6 Å².